The van der Waals surface area contributed by atoms with Crippen molar-refractivity contribution in [3.63, 3.8) is 0 Å². The molecule has 0 fully saturated rings. The van der Waals surface area contributed by atoms with Crippen molar-refractivity contribution in [3.05, 3.63) is 23.8 Å². The molecule has 0 aliphatic carbocycles. The van der Waals surface area contributed by atoms with Gasteiger partial charge in [-0.2, -0.15) is 0 Å². The number of carbonyl (C=O) groups excluding carboxylic acids is 2. The van der Waals surface area contributed by atoms with Gasteiger partial charge >= 0.3 is 0 Å². The van der Waals surface area contributed by atoms with Crippen molar-refractivity contribution in [3.8, 4) is 5.75 Å². The zero-order valence-electron chi connectivity index (χ0n) is 13.7. The molecule has 122 valence electrons. The van der Waals surface area contributed by atoms with Crippen LogP contribution >= 0.6 is 0 Å². The molecule has 3 N–H and O–H groups in total. The Balaban J connectivity index is 2.95. The van der Waals surface area contributed by atoms with Crippen LogP contribution in [0.4, 0.5) is 5.69 Å². The summed E-state index contributed by atoms with van der Waals surface area (Å²) in [7, 11) is 3.36. The maximum Gasteiger partial charge on any atom is 0.253 e. The van der Waals surface area contributed by atoms with Crippen LogP contribution in [0.1, 0.15) is 37.0 Å². The molecule has 0 aliphatic heterocycles. The molecule has 0 heterocycles. The highest BCUT2D eigenvalue weighted by atomic mass is 16.5. The maximum absolute atomic E-state index is 12.0. The van der Waals surface area contributed by atoms with Crippen molar-refractivity contribution in [2.45, 2.75) is 32.7 Å². The molecule has 2 amide bonds. The van der Waals surface area contributed by atoms with E-state index in [0.29, 0.717) is 36.4 Å². The molecule has 1 atom stereocenters. The fraction of sp³-hybridized carbons (Fsp3) is 0.500. The summed E-state index contributed by atoms with van der Waals surface area (Å²) in [4.78, 5) is 25.5. The summed E-state index contributed by atoms with van der Waals surface area (Å²) in [5.74, 6) is 0.272. The van der Waals surface area contributed by atoms with Crippen LogP contribution in [0.3, 0.4) is 0 Å². The van der Waals surface area contributed by atoms with Gasteiger partial charge in [-0.25, -0.2) is 0 Å². The standard InChI is InChI=1S/C16H25N3O3/c1-5-22-14-8-7-12(16(21)19(3)4)10-13(14)18-15(20)9-6-11(2)17/h7-8,10-11H,5-6,9,17H2,1-4H3,(H,18,20). The fourth-order valence-corrected chi connectivity index (χ4v) is 1.87. The van der Waals surface area contributed by atoms with Gasteiger partial charge in [-0.15, -0.1) is 0 Å². The monoisotopic (exact) mass is 307 g/mol. The van der Waals surface area contributed by atoms with Gasteiger partial charge in [0, 0.05) is 32.1 Å². The van der Waals surface area contributed by atoms with Crippen LogP contribution < -0.4 is 15.8 Å². The molecule has 1 rings (SSSR count). The molecular formula is C16H25N3O3. The Bertz CT molecular complexity index is 527. The van der Waals surface area contributed by atoms with E-state index >= 15 is 0 Å². The van der Waals surface area contributed by atoms with Crippen molar-refractivity contribution in [2.24, 2.45) is 5.73 Å². The summed E-state index contributed by atoms with van der Waals surface area (Å²) >= 11 is 0. The van der Waals surface area contributed by atoms with Crippen LogP contribution in [-0.2, 0) is 4.79 Å². The summed E-state index contributed by atoms with van der Waals surface area (Å²) in [5.41, 5.74) is 6.65. The number of carbonyl (C=O) groups is 2. The number of rotatable bonds is 7. The Morgan fingerprint density at radius 3 is 2.59 bits per heavy atom. The highest BCUT2D eigenvalue weighted by Crippen LogP contribution is 2.26. The molecule has 6 nitrogen and oxygen atoms in total. The number of nitrogens with two attached hydrogens (primary N) is 1. The zero-order chi connectivity index (χ0) is 16.7. The van der Waals surface area contributed by atoms with Crippen molar-refractivity contribution in [2.75, 3.05) is 26.0 Å². The third-order valence-corrected chi connectivity index (χ3v) is 3.03. The summed E-state index contributed by atoms with van der Waals surface area (Å²) in [5, 5.41) is 2.79. The Morgan fingerprint density at radius 2 is 2.05 bits per heavy atom. The average Bonchev–Trinajstić information content (AvgIpc) is 2.46. The number of nitrogens with zero attached hydrogens (tertiary/aromatic N) is 1. The van der Waals surface area contributed by atoms with E-state index < -0.39 is 0 Å². The smallest absolute Gasteiger partial charge is 0.253 e. The second kappa shape index (κ2) is 8.38. The van der Waals surface area contributed by atoms with Crippen molar-refractivity contribution in [1.29, 1.82) is 0 Å². The van der Waals surface area contributed by atoms with Gasteiger partial charge < -0.3 is 20.7 Å². The Hall–Kier alpha value is -2.08. The van der Waals surface area contributed by atoms with Gasteiger partial charge in [0.05, 0.1) is 12.3 Å². The lowest BCUT2D eigenvalue weighted by Gasteiger charge is -2.15. The predicted octanol–water partition coefficient (Wildman–Crippen LogP) is 1.85. The summed E-state index contributed by atoms with van der Waals surface area (Å²) in [6.07, 6.45) is 0.932. The van der Waals surface area contributed by atoms with E-state index in [1.807, 2.05) is 13.8 Å². The molecule has 6 heteroatoms. The van der Waals surface area contributed by atoms with Gasteiger partial charge in [0.15, 0.2) is 0 Å². The Kier molecular flexibility index (Phi) is 6.85. The minimum atomic E-state index is -0.146. The third-order valence-electron chi connectivity index (χ3n) is 3.03. The molecule has 1 aromatic rings. The van der Waals surface area contributed by atoms with Crippen LogP contribution in [0.5, 0.6) is 5.75 Å². The van der Waals surface area contributed by atoms with Crippen LogP contribution in [0, 0.1) is 0 Å². The molecule has 22 heavy (non-hydrogen) atoms. The minimum absolute atomic E-state index is 0.0289. The van der Waals surface area contributed by atoms with E-state index in [1.54, 1.807) is 32.3 Å². The predicted molar refractivity (Wildman–Crippen MR) is 87.1 cm³/mol. The van der Waals surface area contributed by atoms with Crippen molar-refractivity contribution in [1.82, 2.24) is 4.90 Å². The van der Waals surface area contributed by atoms with Crippen molar-refractivity contribution < 1.29 is 14.3 Å². The molecule has 0 bridgehead atoms. The largest absolute Gasteiger partial charge is 0.492 e. The quantitative estimate of drug-likeness (QED) is 0.805. The van der Waals surface area contributed by atoms with E-state index in [-0.39, 0.29) is 17.9 Å². The minimum Gasteiger partial charge on any atom is -0.492 e. The fourth-order valence-electron chi connectivity index (χ4n) is 1.87. The number of hydrogen-bond acceptors (Lipinski definition) is 4. The summed E-state index contributed by atoms with van der Waals surface area (Å²) in [6.45, 7) is 4.19. The molecule has 0 aromatic heterocycles. The van der Waals surface area contributed by atoms with Gasteiger partial charge in [0.2, 0.25) is 5.91 Å². The lowest BCUT2D eigenvalue weighted by molar-refractivity contribution is -0.116. The molecule has 0 radical (unpaired) electrons. The second-order valence-electron chi connectivity index (χ2n) is 5.41. The SMILES string of the molecule is CCOc1ccc(C(=O)N(C)C)cc1NC(=O)CCC(C)N. The molecule has 0 aliphatic rings. The summed E-state index contributed by atoms with van der Waals surface area (Å²) < 4.78 is 5.49. The van der Waals surface area contributed by atoms with Gasteiger partial charge in [0.25, 0.3) is 5.91 Å². The number of nitrogens with one attached hydrogen (secondary N) is 1. The van der Waals surface area contributed by atoms with Crippen LogP contribution in [0.25, 0.3) is 0 Å². The van der Waals surface area contributed by atoms with Gasteiger partial charge in [-0.3, -0.25) is 9.59 Å². The van der Waals surface area contributed by atoms with Crippen LogP contribution in [0.15, 0.2) is 18.2 Å². The summed E-state index contributed by atoms with van der Waals surface area (Å²) in [6, 6.07) is 4.99. The number of amides is 2. The van der Waals surface area contributed by atoms with E-state index in [1.165, 1.54) is 4.90 Å². The number of ether oxygens (including phenoxy) is 1. The van der Waals surface area contributed by atoms with Crippen molar-refractivity contribution >= 4 is 17.5 Å². The van der Waals surface area contributed by atoms with E-state index in [9.17, 15) is 9.59 Å². The van der Waals surface area contributed by atoms with Crippen LogP contribution in [-0.4, -0.2) is 43.5 Å². The Morgan fingerprint density at radius 1 is 1.36 bits per heavy atom. The Labute approximate surface area is 131 Å². The molecule has 1 unspecified atom stereocenters. The first kappa shape index (κ1) is 18.0. The first-order chi connectivity index (χ1) is 10.3. The highest BCUT2D eigenvalue weighted by Gasteiger charge is 2.14. The lowest BCUT2D eigenvalue weighted by atomic mass is 10.1. The molecule has 0 spiro atoms. The first-order valence-corrected chi connectivity index (χ1v) is 7.39. The molecular weight excluding hydrogens is 282 g/mol. The number of anilines is 1. The van der Waals surface area contributed by atoms with Gasteiger partial charge in [-0.05, 0) is 38.5 Å². The topological polar surface area (TPSA) is 84.7 Å². The second-order valence-corrected chi connectivity index (χ2v) is 5.41. The molecule has 1 aromatic carbocycles. The third kappa shape index (κ3) is 5.37. The van der Waals surface area contributed by atoms with E-state index in [0.717, 1.165) is 0 Å². The number of benzene rings is 1. The maximum atomic E-state index is 12.0. The van der Waals surface area contributed by atoms with Crippen LogP contribution in [0.2, 0.25) is 0 Å². The molecule has 0 saturated carbocycles. The van der Waals surface area contributed by atoms with Gasteiger partial charge in [-0.1, -0.05) is 0 Å². The normalized spacial score (nSPS) is 11.7. The average molecular weight is 307 g/mol. The zero-order valence-corrected chi connectivity index (χ0v) is 13.7. The first-order valence-electron chi connectivity index (χ1n) is 7.39. The highest BCUT2D eigenvalue weighted by molar-refractivity contribution is 5.98. The van der Waals surface area contributed by atoms with Gasteiger partial charge in [0.1, 0.15) is 5.75 Å². The lowest BCUT2D eigenvalue weighted by Crippen LogP contribution is -2.22. The van der Waals surface area contributed by atoms with E-state index in [2.05, 4.69) is 5.32 Å². The van der Waals surface area contributed by atoms with E-state index in [4.69, 9.17) is 10.5 Å². The number of hydrogen-bond donors (Lipinski definition) is 2. The molecule has 0 saturated heterocycles.